The Balaban J connectivity index is 0.00000196. The summed E-state index contributed by atoms with van der Waals surface area (Å²) in [6.07, 6.45) is 1.19. The number of carbonyl (C=O) groups is 1. The number of carbonyl (C=O) groups excluding carboxylic acids is 1. The zero-order valence-electron chi connectivity index (χ0n) is 9.16. The molecule has 0 aliphatic carbocycles. The van der Waals surface area contributed by atoms with E-state index >= 15 is 0 Å². The first-order valence-corrected chi connectivity index (χ1v) is 6.66. The summed E-state index contributed by atoms with van der Waals surface area (Å²) in [4.78, 5) is 11.2. The summed E-state index contributed by atoms with van der Waals surface area (Å²) in [6, 6.07) is 0. The molecule has 4 nitrogen and oxygen atoms in total. The van der Waals surface area contributed by atoms with E-state index in [0.717, 1.165) is 0 Å². The zero-order valence-corrected chi connectivity index (χ0v) is 14.7. The van der Waals surface area contributed by atoms with Crippen molar-refractivity contribution in [3.8, 4) is 0 Å². The van der Waals surface area contributed by atoms with Gasteiger partial charge >= 0.3 is 16.5 Å². The summed E-state index contributed by atoms with van der Waals surface area (Å²) in [5.74, 6) is 0.247. The second-order valence-electron chi connectivity index (χ2n) is 4.35. The largest absolute Gasteiger partial charge is 0.440 e. The number of hydrogen-bond acceptors (Lipinski definition) is 4. The molecule has 1 aliphatic rings. The van der Waals surface area contributed by atoms with Crippen molar-refractivity contribution in [2.45, 2.75) is 31.4 Å². The molecule has 1 saturated heterocycles. The molecule has 1 fully saturated rings. The molecule has 87 valence electrons. The van der Waals surface area contributed by atoms with Crippen LogP contribution in [-0.2, 0) is 44.3 Å². The molecule has 0 N–H and O–H groups in total. The van der Waals surface area contributed by atoms with Crippen molar-refractivity contribution >= 4 is 33.1 Å². The van der Waals surface area contributed by atoms with Gasteiger partial charge in [-0.1, -0.05) is 24.6 Å². The third-order valence-corrected chi connectivity index (χ3v) is 5.10. The van der Waals surface area contributed by atoms with Crippen LogP contribution in [0.2, 0.25) is 0 Å². The molecule has 0 aromatic heterocycles. The minimum Gasteiger partial charge on any atom is -0.440 e. The predicted molar refractivity (Wildman–Crippen MR) is 55.8 cm³/mol. The quantitative estimate of drug-likeness (QED) is 0.463. The normalized spacial score (nSPS) is 22.7. The maximum Gasteiger partial charge on any atom is 0.367 e. The van der Waals surface area contributed by atoms with Gasteiger partial charge in [0.25, 0.3) is 0 Å². The molecule has 0 aromatic rings. The molecule has 0 bridgehead atoms. The van der Waals surface area contributed by atoms with Gasteiger partial charge in [0.05, 0.1) is 0 Å². The number of hydrogen-bond donors (Lipinski definition) is 0. The molecule has 0 saturated carbocycles. The molecule has 1 heterocycles. The van der Waals surface area contributed by atoms with Crippen LogP contribution in [0.25, 0.3) is 0 Å². The average molecular weight is 418 g/mol. The van der Waals surface area contributed by atoms with Crippen LogP contribution < -0.4 is 0 Å². The Morgan fingerprint density at radius 2 is 2.00 bits per heavy atom. The first-order chi connectivity index (χ1) is 6.35. The van der Waals surface area contributed by atoms with Crippen molar-refractivity contribution in [3.05, 3.63) is 0 Å². The molecule has 1 atom stereocenters. The van der Waals surface area contributed by atoms with E-state index in [4.69, 9.17) is 0 Å². The molecule has 7 heteroatoms. The Bertz CT molecular complexity index is 311. The van der Waals surface area contributed by atoms with E-state index in [1.165, 1.54) is 0 Å². The summed E-state index contributed by atoms with van der Waals surface area (Å²) in [5.41, 5.74) is 0. The van der Waals surface area contributed by atoms with Crippen molar-refractivity contribution in [3.63, 3.8) is 0 Å². The van der Waals surface area contributed by atoms with Gasteiger partial charge in [0.1, 0.15) is 0 Å². The van der Waals surface area contributed by atoms with Crippen LogP contribution in [-0.4, -0.2) is 37.6 Å². The van der Waals surface area contributed by atoms with Gasteiger partial charge in [-0.3, -0.25) is 4.79 Å². The fraction of sp³-hybridized carbons (Fsp3) is 0.875. The van der Waals surface area contributed by atoms with Crippen LogP contribution in [0, 0.1) is 5.92 Å². The van der Waals surface area contributed by atoms with Gasteiger partial charge in [-0.2, -0.15) is 0 Å². The Morgan fingerprint density at radius 3 is 2.40 bits per heavy atom. The molecule has 1 unspecified atom stereocenters. The van der Waals surface area contributed by atoms with Gasteiger partial charge in [0.15, 0.2) is 5.91 Å². The minimum atomic E-state index is -2.07. The topological polar surface area (TPSA) is 54.5 Å². The van der Waals surface area contributed by atoms with Gasteiger partial charge in [0.2, 0.25) is 0 Å². The second kappa shape index (κ2) is 5.80. The van der Waals surface area contributed by atoms with Crippen molar-refractivity contribution < 1.29 is 33.6 Å². The fourth-order valence-corrected chi connectivity index (χ4v) is 2.84. The minimum absolute atomic E-state index is 0. The molecule has 1 rings (SSSR count). The van der Waals surface area contributed by atoms with E-state index in [-0.39, 0.29) is 32.2 Å². The van der Waals surface area contributed by atoms with Crippen LogP contribution in [0.1, 0.15) is 26.7 Å². The molecule has 0 spiro atoms. The zero-order chi connectivity index (χ0) is 10.9. The number of amides is 1. The third-order valence-electron chi connectivity index (χ3n) is 3.04. The molecule has 1 amide bonds. The Hall–Kier alpha value is 0.615. The molecule has 1 aliphatic heterocycles. The standard InChI is InChI=1S/C8H14NO3S.Al.Re.2H/c1-8(2,13(11)12)6-3-4-7(10)9-5-6;;;;/h6H,3-5H2,1-2H3,(H,9,10);;;;/q-1;+1;;;/p-1. The van der Waals surface area contributed by atoms with Gasteiger partial charge in [-0.05, 0) is 23.6 Å². The maximum absolute atomic E-state index is 11.2. The van der Waals surface area contributed by atoms with Crippen LogP contribution in [0.5, 0.6) is 0 Å². The number of nitrogens with zero attached hydrogens (tertiary/aromatic N) is 1. The van der Waals surface area contributed by atoms with Crippen molar-refractivity contribution in [1.82, 2.24) is 3.88 Å². The summed E-state index contributed by atoms with van der Waals surface area (Å²) in [6.45, 7) is 4.06. The van der Waals surface area contributed by atoms with Gasteiger partial charge < -0.3 is 12.3 Å². The van der Waals surface area contributed by atoms with Crippen LogP contribution in [0.3, 0.4) is 0 Å². The molecule has 15 heavy (non-hydrogen) atoms. The third kappa shape index (κ3) is 3.54. The summed E-state index contributed by atoms with van der Waals surface area (Å²) in [5, 5.41) is 0. The van der Waals surface area contributed by atoms with Gasteiger partial charge in [0, 0.05) is 26.8 Å². The SMILES string of the molecule is CC(C)(C1CCC(=O)[N]([AlH2])C1)[S-](=O)=O.[Re]. The van der Waals surface area contributed by atoms with E-state index in [2.05, 4.69) is 0 Å². The average Bonchev–Trinajstić information content (AvgIpc) is 2.09. The van der Waals surface area contributed by atoms with Crippen molar-refractivity contribution in [2.24, 2.45) is 5.92 Å². The predicted octanol–water partition coefficient (Wildman–Crippen LogP) is -0.141. The summed E-state index contributed by atoms with van der Waals surface area (Å²) < 4.78 is 23.1. The first-order valence-electron chi connectivity index (χ1n) is 4.69. The second-order valence-corrected chi connectivity index (χ2v) is 6.95. The smallest absolute Gasteiger partial charge is 0.367 e. The van der Waals surface area contributed by atoms with E-state index in [9.17, 15) is 13.2 Å². The van der Waals surface area contributed by atoms with Crippen molar-refractivity contribution in [1.29, 1.82) is 0 Å². The van der Waals surface area contributed by atoms with E-state index < -0.39 is 15.5 Å². The molecule has 0 aromatic carbocycles. The molecular weight excluding hydrogens is 403 g/mol. The summed E-state index contributed by atoms with van der Waals surface area (Å²) >= 11 is 0.685. The number of rotatable bonds is 2. The van der Waals surface area contributed by atoms with Gasteiger partial charge in [-0.15, -0.1) is 0 Å². The molecular formula is C8H15AlNO3ReS-. The van der Waals surface area contributed by atoms with E-state index in [0.29, 0.717) is 35.9 Å². The number of piperidine rings is 1. The summed E-state index contributed by atoms with van der Waals surface area (Å²) in [7, 11) is -2.07. The van der Waals surface area contributed by atoms with Crippen molar-refractivity contribution in [2.75, 3.05) is 6.54 Å². The molecule has 1 radical (unpaired) electrons. The van der Waals surface area contributed by atoms with E-state index in [1.807, 2.05) is 0 Å². The van der Waals surface area contributed by atoms with Crippen LogP contribution in [0.15, 0.2) is 0 Å². The van der Waals surface area contributed by atoms with E-state index in [1.54, 1.807) is 17.7 Å². The first kappa shape index (κ1) is 15.6. The van der Waals surface area contributed by atoms with Crippen LogP contribution >= 0.6 is 0 Å². The monoisotopic (exact) mass is 419 g/mol. The van der Waals surface area contributed by atoms with Gasteiger partial charge in [-0.25, -0.2) is 0 Å². The fourth-order valence-electron chi connectivity index (χ4n) is 1.72. The van der Waals surface area contributed by atoms with Crippen LogP contribution in [0.4, 0.5) is 0 Å². The maximum atomic E-state index is 11.2. The Morgan fingerprint density at radius 1 is 1.47 bits per heavy atom. The Kier molecular flexibility index (Phi) is 6.04. The Labute approximate surface area is 114 Å².